The third kappa shape index (κ3) is 2.71. The highest BCUT2D eigenvalue weighted by Crippen LogP contribution is 2.28. The van der Waals surface area contributed by atoms with Gasteiger partial charge in [0, 0.05) is 30.4 Å². The van der Waals surface area contributed by atoms with E-state index in [1.165, 1.54) is 30.6 Å². The largest absolute Gasteiger partial charge is 0.492 e. The van der Waals surface area contributed by atoms with Gasteiger partial charge in [-0.05, 0) is 51.3 Å². The first-order valence-corrected chi connectivity index (χ1v) is 7.49. The van der Waals surface area contributed by atoms with Crippen molar-refractivity contribution in [3.63, 3.8) is 0 Å². The molecule has 3 heteroatoms. The maximum atomic E-state index is 6.01. The molecule has 1 aromatic rings. The summed E-state index contributed by atoms with van der Waals surface area (Å²) in [7, 11) is 0. The molecule has 104 valence electrons. The Morgan fingerprint density at radius 1 is 1.42 bits per heavy atom. The minimum Gasteiger partial charge on any atom is -0.492 e. The van der Waals surface area contributed by atoms with E-state index >= 15 is 0 Å². The van der Waals surface area contributed by atoms with Crippen LogP contribution in [0, 0.1) is 0 Å². The Balaban J connectivity index is 1.60. The van der Waals surface area contributed by atoms with E-state index in [-0.39, 0.29) is 0 Å². The van der Waals surface area contributed by atoms with Gasteiger partial charge in [-0.1, -0.05) is 6.07 Å². The molecule has 0 bridgehead atoms. The minimum atomic E-state index is 0.584. The normalized spacial score (nSPS) is 22.6. The van der Waals surface area contributed by atoms with Gasteiger partial charge in [0.05, 0.1) is 0 Å². The molecule has 0 saturated carbocycles. The molecular formula is C16H24N2O. The molecule has 3 rings (SSSR count). The molecule has 1 fully saturated rings. The number of fused-ring (bicyclic) bond motifs is 1. The molecule has 2 aliphatic heterocycles. The van der Waals surface area contributed by atoms with E-state index < -0.39 is 0 Å². The lowest BCUT2D eigenvalue weighted by molar-refractivity contribution is 0.144. The van der Waals surface area contributed by atoms with Crippen molar-refractivity contribution in [3.05, 3.63) is 23.8 Å². The topological polar surface area (TPSA) is 24.5 Å². The lowest BCUT2D eigenvalue weighted by Crippen LogP contribution is -2.39. The van der Waals surface area contributed by atoms with Gasteiger partial charge in [-0.3, -0.25) is 4.90 Å². The molecule has 1 N–H and O–H groups in total. The molecule has 0 radical (unpaired) electrons. The van der Waals surface area contributed by atoms with Crippen molar-refractivity contribution < 1.29 is 4.74 Å². The fourth-order valence-corrected chi connectivity index (χ4v) is 3.27. The highest BCUT2D eigenvalue weighted by atomic mass is 16.5. The lowest BCUT2D eigenvalue weighted by atomic mass is 10.1. The third-order valence-electron chi connectivity index (χ3n) is 4.32. The predicted molar refractivity (Wildman–Crippen MR) is 79.0 cm³/mol. The number of likely N-dealkylation sites (tertiary alicyclic amines) is 1. The summed E-state index contributed by atoms with van der Waals surface area (Å²) >= 11 is 0. The zero-order chi connectivity index (χ0) is 13.2. The van der Waals surface area contributed by atoms with Gasteiger partial charge in [0.25, 0.3) is 0 Å². The number of nitrogens with one attached hydrogen (secondary N) is 1. The van der Waals surface area contributed by atoms with Crippen LogP contribution in [-0.2, 0) is 6.42 Å². The molecular weight excluding hydrogens is 236 g/mol. The molecule has 0 spiro atoms. The fraction of sp³-hybridized carbons (Fsp3) is 0.625. The zero-order valence-electron chi connectivity index (χ0n) is 12.0. The van der Waals surface area contributed by atoms with Crippen LogP contribution in [0.2, 0.25) is 0 Å². The monoisotopic (exact) mass is 260 g/mol. The van der Waals surface area contributed by atoms with Crippen LogP contribution in [0.25, 0.3) is 0 Å². The van der Waals surface area contributed by atoms with Crippen LogP contribution in [0.3, 0.4) is 0 Å². The van der Waals surface area contributed by atoms with Gasteiger partial charge in [0.1, 0.15) is 12.4 Å². The van der Waals surface area contributed by atoms with Gasteiger partial charge >= 0.3 is 0 Å². The van der Waals surface area contributed by atoms with Crippen molar-refractivity contribution in [1.82, 2.24) is 4.90 Å². The molecule has 2 aliphatic rings. The van der Waals surface area contributed by atoms with Crippen LogP contribution in [0.4, 0.5) is 5.69 Å². The number of hydrogen-bond donors (Lipinski definition) is 1. The van der Waals surface area contributed by atoms with E-state index in [1.54, 1.807) is 0 Å². The Labute approximate surface area is 115 Å². The fourth-order valence-electron chi connectivity index (χ4n) is 3.27. The highest BCUT2D eigenvalue weighted by Gasteiger charge is 2.26. The van der Waals surface area contributed by atoms with Crippen molar-refractivity contribution in [3.8, 4) is 5.75 Å². The second-order valence-electron chi connectivity index (χ2n) is 5.93. The number of rotatable bonds is 4. The van der Waals surface area contributed by atoms with Gasteiger partial charge in [-0.25, -0.2) is 0 Å². The van der Waals surface area contributed by atoms with E-state index in [4.69, 9.17) is 4.74 Å². The standard InChI is InChI=1S/C16H24N2O/c1-12(2)18-9-3-4-14(18)11-19-15-6-5-13-7-8-17-16(13)10-15/h5-6,10,12,14,17H,3-4,7-9,11H2,1-2H3. The van der Waals surface area contributed by atoms with E-state index in [0.717, 1.165) is 25.3 Å². The summed E-state index contributed by atoms with van der Waals surface area (Å²) in [6.45, 7) is 7.65. The number of hydrogen-bond acceptors (Lipinski definition) is 3. The second kappa shape index (κ2) is 5.41. The molecule has 2 heterocycles. The van der Waals surface area contributed by atoms with Gasteiger partial charge in [0.15, 0.2) is 0 Å². The molecule has 0 aliphatic carbocycles. The van der Waals surface area contributed by atoms with Crippen LogP contribution in [0.15, 0.2) is 18.2 Å². The Kier molecular flexibility index (Phi) is 3.65. The number of benzene rings is 1. The van der Waals surface area contributed by atoms with Crippen molar-refractivity contribution in [2.75, 3.05) is 25.0 Å². The average molecular weight is 260 g/mol. The zero-order valence-corrected chi connectivity index (χ0v) is 12.0. The number of ether oxygens (including phenoxy) is 1. The Morgan fingerprint density at radius 3 is 3.16 bits per heavy atom. The summed E-state index contributed by atoms with van der Waals surface area (Å²) < 4.78 is 6.01. The maximum absolute atomic E-state index is 6.01. The molecule has 1 saturated heterocycles. The third-order valence-corrected chi connectivity index (χ3v) is 4.32. The van der Waals surface area contributed by atoms with Crippen molar-refractivity contribution in [2.24, 2.45) is 0 Å². The van der Waals surface area contributed by atoms with E-state index in [2.05, 4.69) is 42.3 Å². The molecule has 1 aromatic carbocycles. The van der Waals surface area contributed by atoms with Crippen LogP contribution in [0.5, 0.6) is 5.75 Å². The van der Waals surface area contributed by atoms with Gasteiger partial charge in [0.2, 0.25) is 0 Å². The van der Waals surface area contributed by atoms with Crippen molar-refractivity contribution in [1.29, 1.82) is 0 Å². The van der Waals surface area contributed by atoms with Crippen molar-refractivity contribution in [2.45, 2.75) is 45.2 Å². The summed E-state index contributed by atoms with van der Waals surface area (Å²) in [4.78, 5) is 2.56. The smallest absolute Gasteiger partial charge is 0.121 e. The summed E-state index contributed by atoms with van der Waals surface area (Å²) in [6.07, 6.45) is 3.71. The summed E-state index contributed by atoms with van der Waals surface area (Å²) in [5.74, 6) is 1.00. The molecule has 0 amide bonds. The molecule has 19 heavy (non-hydrogen) atoms. The van der Waals surface area contributed by atoms with Crippen LogP contribution in [-0.4, -0.2) is 36.7 Å². The lowest BCUT2D eigenvalue weighted by Gasteiger charge is -2.28. The SMILES string of the molecule is CC(C)N1CCCC1COc1ccc2c(c1)NCC2. The predicted octanol–water partition coefficient (Wildman–Crippen LogP) is 2.91. The van der Waals surface area contributed by atoms with Gasteiger partial charge < -0.3 is 10.1 Å². The second-order valence-corrected chi connectivity index (χ2v) is 5.93. The van der Waals surface area contributed by atoms with Gasteiger partial charge in [-0.2, -0.15) is 0 Å². The number of anilines is 1. The number of nitrogens with zero attached hydrogens (tertiary/aromatic N) is 1. The maximum Gasteiger partial charge on any atom is 0.121 e. The Morgan fingerprint density at radius 2 is 2.32 bits per heavy atom. The quantitative estimate of drug-likeness (QED) is 0.901. The molecule has 3 nitrogen and oxygen atoms in total. The first-order chi connectivity index (χ1) is 9.24. The molecule has 1 unspecified atom stereocenters. The minimum absolute atomic E-state index is 0.584. The Hall–Kier alpha value is -1.22. The summed E-state index contributed by atoms with van der Waals surface area (Å²) in [5.41, 5.74) is 2.67. The Bertz CT molecular complexity index is 444. The summed E-state index contributed by atoms with van der Waals surface area (Å²) in [5, 5.41) is 3.41. The first kappa shape index (κ1) is 12.8. The van der Waals surface area contributed by atoms with E-state index in [9.17, 15) is 0 Å². The van der Waals surface area contributed by atoms with Crippen LogP contribution < -0.4 is 10.1 Å². The van der Waals surface area contributed by atoms with E-state index in [0.29, 0.717) is 12.1 Å². The van der Waals surface area contributed by atoms with Crippen LogP contribution >= 0.6 is 0 Å². The average Bonchev–Trinajstić information content (AvgIpc) is 3.04. The van der Waals surface area contributed by atoms with Crippen molar-refractivity contribution >= 4 is 5.69 Å². The highest BCUT2D eigenvalue weighted by molar-refractivity contribution is 5.58. The molecule has 1 atom stereocenters. The molecule has 0 aromatic heterocycles. The first-order valence-electron chi connectivity index (χ1n) is 7.49. The van der Waals surface area contributed by atoms with Gasteiger partial charge in [-0.15, -0.1) is 0 Å². The summed E-state index contributed by atoms with van der Waals surface area (Å²) in [6, 6.07) is 7.66. The van der Waals surface area contributed by atoms with E-state index in [1.807, 2.05) is 0 Å². The van der Waals surface area contributed by atoms with Crippen LogP contribution in [0.1, 0.15) is 32.3 Å².